The fraction of sp³-hybridized carbons (Fsp3) is 0.625. The smallest absolute Gasteiger partial charge is 0.161 e. The molecule has 7 heteroatoms. The minimum absolute atomic E-state index is 0. The van der Waals surface area contributed by atoms with Gasteiger partial charge in [0.25, 0.3) is 0 Å². The third-order valence-electron chi connectivity index (χ3n) is 9.18. The maximum Gasteiger partial charge on any atom is 0.161 e. The van der Waals surface area contributed by atoms with E-state index in [1.54, 1.807) is 21.3 Å². The molecule has 0 spiro atoms. The molecule has 0 saturated carbocycles. The molecule has 3 aliphatic heterocycles. The molecule has 1 saturated heterocycles. The molecule has 2 aromatic carbocycles. The largest absolute Gasteiger partial charge is 0.493 e. The lowest BCUT2D eigenvalue weighted by atomic mass is 9.72. The first-order valence-corrected chi connectivity index (χ1v) is 14.7. The Labute approximate surface area is 241 Å². The molecule has 3 heterocycles. The van der Waals surface area contributed by atoms with Gasteiger partial charge in [-0.25, -0.2) is 0 Å². The van der Waals surface area contributed by atoms with Crippen LogP contribution in [-0.4, -0.2) is 52.5 Å². The van der Waals surface area contributed by atoms with E-state index < -0.39 is 0 Å². The lowest BCUT2D eigenvalue weighted by Crippen LogP contribution is -2.46. The Hall–Kier alpha value is -2.15. The number of hydrogen-bond acceptors (Lipinski definition) is 6. The monoisotopic (exact) mass is 558 g/mol. The van der Waals surface area contributed by atoms with Gasteiger partial charge in [0.15, 0.2) is 23.0 Å². The number of hydrogen-bond donors (Lipinski definition) is 1. The van der Waals surface area contributed by atoms with Crippen molar-refractivity contribution in [3.8, 4) is 23.0 Å². The summed E-state index contributed by atoms with van der Waals surface area (Å²) in [5, 5.41) is 3.87. The van der Waals surface area contributed by atoms with Crippen LogP contribution in [0.25, 0.3) is 0 Å². The highest BCUT2D eigenvalue weighted by molar-refractivity contribution is 5.85. The number of benzene rings is 2. The van der Waals surface area contributed by atoms with Crippen molar-refractivity contribution >= 4 is 12.4 Å². The van der Waals surface area contributed by atoms with E-state index in [1.807, 2.05) is 0 Å². The molecule has 3 aliphatic rings. The van der Waals surface area contributed by atoms with Gasteiger partial charge in [-0.15, -0.1) is 12.4 Å². The van der Waals surface area contributed by atoms with Crippen LogP contribution in [0.15, 0.2) is 24.3 Å². The standard InChI is InChI=1S/C32H46N2O4.ClH/c1-6-8-13-38-32-17-22-9-11-33-27(25(22)18-31(32)37-5)14-24-15-28-26-19-30(36-4)29(35-3)16-23(26)10-12-34(28)20-21(24)7-2;/h16-19,21,24,27-28,33H,6-15,20H2,1-5H3;1H/t21-,24-,27+,28-;/m0./s1. The molecule has 0 unspecified atom stereocenters. The first-order chi connectivity index (χ1) is 18.6. The molecule has 39 heavy (non-hydrogen) atoms. The van der Waals surface area contributed by atoms with E-state index in [0.717, 1.165) is 74.8 Å². The van der Waals surface area contributed by atoms with Gasteiger partial charge < -0.3 is 24.3 Å². The third kappa shape index (κ3) is 6.13. The lowest BCUT2D eigenvalue weighted by molar-refractivity contribution is 0.0434. The summed E-state index contributed by atoms with van der Waals surface area (Å²) in [7, 11) is 5.22. The predicted octanol–water partition coefficient (Wildman–Crippen LogP) is 6.54. The zero-order valence-electron chi connectivity index (χ0n) is 24.4. The van der Waals surface area contributed by atoms with Crippen molar-refractivity contribution in [3.63, 3.8) is 0 Å². The molecule has 0 bridgehead atoms. The molecule has 1 fully saturated rings. The fourth-order valence-corrected chi connectivity index (χ4v) is 7.02. The van der Waals surface area contributed by atoms with Crippen LogP contribution >= 0.6 is 12.4 Å². The maximum absolute atomic E-state index is 6.11. The van der Waals surface area contributed by atoms with Crippen LogP contribution in [0.2, 0.25) is 0 Å². The predicted molar refractivity (Wildman–Crippen MR) is 159 cm³/mol. The molecule has 0 amide bonds. The van der Waals surface area contributed by atoms with Crippen LogP contribution in [0.3, 0.4) is 0 Å². The van der Waals surface area contributed by atoms with E-state index in [1.165, 1.54) is 41.6 Å². The molecule has 216 valence electrons. The minimum atomic E-state index is 0. The number of fused-ring (bicyclic) bond motifs is 4. The van der Waals surface area contributed by atoms with E-state index in [0.29, 0.717) is 23.9 Å². The number of piperidine rings is 1. The van der Waals surface area contributed by atoms with Gasteiger partial charge >= 0.3 is 0 Å². The second-order valence-electron chi connectivity index (χ2n) is 11.2. The highest BCUT2D eigenvalue weighted by Crippen LogP contribution is 2.48. The molecule has 4 atom stereocenters. The maximum atomic E-state index is 6.11. The number of nitrogens with one attached hydrogen (secondary N) is 1. The van der Waals surface area contributed by atoms with Gasteiger partial charge in [-0.2, -0.15) is 0 Å². The summed E-state index contributed by atoms with van der Waals surface area (Å²) < 4.78 is 23.2. The van der Waals surface area contributed by atoms with Crippen molar-refractivity contribution < 1.29 is 18.9 Å². The average molecular weight is 559 g/mol. The molecular formula is C32H47ClN2O4. The summed E-state index contributed by atoms with van der Waals surface area (Å²) in [5.74, 6) is 4.79. The second-order valence-corrected chi connectivity index (χ2v) is 11.2. The first-order valence-electron chi connectivity index (χ1n) is 14.7. The normalized spacial score (nSPS) is 24.0. The van der Waals surface area contributed by atoms with Crippen molar-refractivity contribution in [2.45, 2.75) is 70.9 Å². The summed E-state index contributed by atoms with van der Waals surface area (Å²) in [6.45, 7) is 8.61. The Balaban J connectivity index is 0.00000353. The summed E-state index contributed by atoms with van der Waals surface area (Å²) in [6.07, 6.45) is 7.86. The van der Waals surface area contributed by atoms with E-state index in [2.05, 4.69) is 48.3 Å². The Morgan fingerprint density at radius 2 is 1.51 bits per heavy atom. The molecule has 5 rings (SSSR count). The molecule has 0 aromatic heterocycles. The Morgan fingerprint density at radius 3 is 2.23 bits per heavy atom. The fourth-order valence-electron chi connectivity index (χ4n) is 7.02. The summed E-state index contributed by atoms with van der Waals surface area (Å²) in [5.41, 5.74) is 5.65. The van der Waals surface area contributed by atoms with Crippen LogP contribution in [0.4, 0.5) is 0 Å². The Kier molecular flexibility index (Phi) is 10.3. The van der Waals surface area contributed by atoms with Gasteiger partial charge in [0, 0.05) is 25.2 Å². The number of methoxy groups -OCH3 is 3. The summed E-state index contributed by atoms with van der Waals surface area (Å²) >= 11 is 0. The van der Waals surface area contributed by atoms with Crippen LogP contribution < -0.4 is 24.3 Å². The molecule has 2 aromatic rings. The zero-order valence-corrected chi connectivity index (χ0v) is 25.2. The topological polar surface area (TPSA) is 52.2 Å². The zero-order chi connectivity index (χ0) is 26.6. The van der Waals surface area contributed by atoms with E-state index in [4.69, 9.17) is 18.9 Å². The van der Waals surface area contributed by atoms with Crippen molar-refractivity contribution in [3.05, 3.63) is 46.5 Å². The van der Waals surface area contributed by atoms with Crippen LogP contribution in [0.5, 0.6) is 23.0 Å². The molecule has 0 radical (unpaired) electrons. The van der Waals surface area contributed by atoms with Crippen molar-refractivity contribution in [1.82, 2.24) is 10.2 Å². The third-order valence-corrected chi connectivity index (χ3v) is 9.18. The van der Waals surface area contributed by atoms with Crippen LogP contribution in [0.1, 0.15) is 80.3 Å². The lowest BCUT2D eigenvalue weighted by Gasteiger charge is -2.48. The van der Waals surface area contributed by atoms with Gasteiger partial charge in [-0.3, -0.25) is 4.90 Å². The highest BCUT2D eigenvalue weighted by Gasteiger charge is 2.40. The van der Waals surface area contributed by atoms with E-state index in [-0.39, 0.29) is 12.4 Å². The molecule has 1 N–H and O–H groups in total. The quantitative estimate of drug-likeness (QED) is 0.334. The highest BCUT2D eigenvalue weighted by atomic mass is 35.5. The first kappa shape index (κ1) is 29.8. The van der Waals surface area contributed by atoms with E-state index in [9.17, 15) is 0 Å². The SMILES string of the molecule is CCCCOc1cc2c(cc1OC)[C@@H](C[C@H]1C[C@H]3c4cc(OC)c(OC)cc4CCN3C[C@@H]1CC)NCC2.Cl. The van der Waals surface area contributed by atoms with Gasteiger partial charge in [0.2, 0.25) is 0 Å². The minimum Gasteiger partial charge on any atom is -0.493 e. The summed E-state index contributed by atoms with van der Waals surface area (Å²) in [6, 6.07) is 9.73. The van der Waals surface area contributed by atoms with Gasteiger partial charge in [-0.05, 0) is 97.0 Å². The number of halogens is 1. The molecular weight excluding hydrogens is 512 g/mol. The van der Waals surface area contributed by atoms with Crippen LogP contribution in [-0.2, 0) is 12.8 Å². The second kappa shape index (κ2) is 13.5. The Bertz CT molecular complexity index is 1110. The molecule has 6 nitrogen and oxygen atoms in total. The van der Waals surface area contributed by atoms with E-state index >= 15 is 0 Å². The number of ether oxygens (including phenoxy) is 4. The van der Waals surface area contributed by atoms with Crippen LogP contribution in [0, 0.1) is 11.8 Å². The Morgan fingerprint density at radius 1 is 0.846 bits per heavy atom. The van der Waals surface area contributed by atoms with Crippen molar-refractivity contribution in [1.29, 1.82) is 0 Å². The number of nitrogens with zero attached hydrogens (tertiary/aromatic N) is 1. The van der Waals surface area contributed by atoms with Crippen molar-refractivity contribution in [2.24, 2.45) is 11.8 Å². The van der Waals surface area contributed by atoms with Gasteiger partial charge in [-0.1, -0.05) is 26.7 Å². The van der Waals surface area contributed by atoms with Crippen molar-refractivity contribution in [2.75, 3.05) is 47.6 Å². The average Bonchev–Trinajstić information content (AvgIpc) is 2.95. The van der Waals surface area contributed by atoms with Gasteiger partial charge in [0.1, 0.15) is 0 Å². The number of unbranched alkanes of at least 4 members (excludes halogenated alkanes) is 1. The number of rotatable bonds is 10. The molecule has 0 aliphatic carbocycles. The summed E-state index contributed by atoms with van der Waals surface area (Å²) in [4.78, 5) is 2.73. The van der Waals surface area contributed by atoms with Gasteiger partial charge in [0.05, 0.1) is 27.9 Å².